The predicted molar refractivity (Wildman–Crippen MR) is 111 cm³/mol. The van der Waals surface area contributed by atoms with Crippen molar-refractivity contribution in [3.63, 3.8) is 0 Å². The Labute approximate surface area is 171 Å². The molecule has 2 aromatic carbocycles. The van der Waals surface area contributed by atoms with Crippen LogP contribution in [-0.4, -0.2) is 14.5 Å². The molecule has 0 amide bonds. The van der Waals surface area contributed by atoms with Crippen molar-refractivity contribution >= 4 is 45.6 Å². The zero-order valence-electron chi connectivity index (χ0n) is 14.8. The Kier molecular flexibility index (Phi) is 5.73. The predicted octanol–water partition coefficient (Wildman–Crippen LogP) is 5.88. The molecule has 6 heteroatoms. The van der Waals surface area contributed by atoms with Crippen molar-refractivity contribution < 1.29 is 13.6 Å². The van der Waals surface area contributed by atoms with Crippen molar-refractivity contribution in [2.45, 2.75) is 19.1 Å². The molecule has 2 aromatic rings. The minimum Gasteiger partial charge on any atom is -0.305 e. The first kappa shape index (κ1) is 20.0. The van der Waals surface area contributed by atoms with Gasteiger partial charge in [-0.15, -0.1) is 0 Å². The highest BCUT2D eigenvalue weighted by Gasteiger charge is 2.36. The lowest BCUT2D eigenvalue weighted by molar-refractivity contribution is -0.115. The second kappa shape index (κ2) is 7.72. The molecule has 1 N–H and O–H groups in total. The Hall–Kier alpha value is -1.72. The van der Waals surface area contributed by atoms with Gasteiger partial charge in [-0.2, -0.15) is 0 Å². The minimum atomic E-state index is -2.44. The molecule has 0 fully saturated rings. The Morgan fingerprint density at radius 1 is 1.11 bits per heavy atom. The van der Waals surface area contributed by atoms with E-state index in [1.54, 1.807) is 12.1 Å². The van der Waals surface area contributed by atoms with Gasteiger partial charge < -0.3 is 4.55 Å². The summed E-state index contributed by atoms with van der Waals surface area (Å²) < 4.78 is 21.8. The summed E-state index contributed by atoms with van der Waals surface area (Å²) in [5.41, 5.74) is 2.24. The average molecular weight is 421 g/mol. The smallest absolute Gasteiger partial charge is 0.185 e. The van der Waals surface area contributed by atoms with Crippen LogP contribution in [0.3, 0.4) is 0 Å². The van der Waals surface area contributed by atoms with Crippen LogP contribution in [0, 0.1) is 5.41 Å². The summed E-state index contributed by atoms with van der Waals surface area (Å²) in [6.07, 6.45) is 3.62. The summed E-state index contributed by atoms with van der Waals surface area (Å²) in [5.74, 6) is -0.459. The van der Waals surface area contributed by atoms with Gasteiger partial charge in [-0.25, -0.2) is 4.21 Å². The van der Waals surface area contributed by atoms with Gasteiger partial charge in [0.05, 0.1) is 0 Å². The Bertz CT molecular complexity index is 978. The van der Waals surface area contributed by atoms with E-state index >= 15 is 0 Å². The van der Waals surface area contributed by atoms with E-state index in [2.05, 4.69) is 0 Å². The number of benzene rings is 2. The highest BCUT2D eigenvalue weighted by molar-refractivity contribution is 7.80. The lowest BCUT2D eigenvalue weighted by atomic mass is 9.83. The molecule has 0 saturated carbocycles. The molecule has 2 atom stereocenters. The van der Waals surface area contributed by atoms with E-state index in [-0.39, 0.29) is 16.0 Å². The average Bonchev–Trinajstić information content (AvgIpc) is 2.94. The van der Waals surface area contributed by atoms with Crippen molar-refractivity contribution in [1.82, 2.24) is 0 Å². The molecule has 0 spiro atoms. The molecule has 3 nitrogen and oxygen atoms in total. The van der Waals surface area contributed by atoms with Gasteiger partial charge in [-0.05, 0) is 41.0 Å². The maximum absolute atomic E-state index is 13.1. The lowest BCUT2D eigenvalue weighted by Gasteiger charge is -2.20. The molecular weight excluding hydrogens is 403 g/mol. The Morgan fingerprint density at radius 2 is 1.78 bits per heavy atom. The van der Waals surface area contributed by atoms with E-state index in [0.717, 1.165) is 11.1 Å². The first-order chi connectivity index (χ1) is 12.7. The van der Waals surface area contributed by atoms with Gasteiger partial charge in [0, 0.05) is 21.0 Å². The molecule has 0 heterocycles. The molecule has 0 bridgehead atoms. The maximum atomic E-state index is 13.1. The summed E-state index contributed by atoms with van der Waals surface area (Å²) in [5, 5.41) is -0.728. The highest BCUT2D eigenvalue weighted by atomic mass is 35.5. The van der Waals surface area contributed by atoms with Gasteiger partial charge in [0.15, 0.2) is 16.9 Å². The van der Waals surface area contributed by atoms with Crippen LogP contribution < -0.4 is 0 Å². The molecule has 1 aliphatic rings. The molecule has 140 valence electrons. The standard InChI is InChI=1S/C21H18Cl2O3S/c1-21(2)12-14(10-17(21)13-6-4-3-5-7-13)19(24)20(27(25)26)16-11-15(22)8-9-18(16)23/h3-12,20H,1-2H3,(H,25,26). The number of carbonyl (C=O) groups is 1. The van der Waals surface area contributed by atoms with Crippen LogP contribution in [0.1, 0.15) is 30.2 Å². The van der Waals surface area contributed by atoms with Crippen molar-refractivity contribution in [3.8, 4) is 0 Å². The molecule has 0 aliphatic heterocycles. The summed E-state index contributed by atoms with van der Waals surface area (Å²) in [6.45, 7) is 4.01. The van der Waals surface area contributed by atoms with Gasteiger partial charge in [-0.3, -0.25) is 4.79 Å². The van der Waals surface area contributed by atoms with E-state index in [1.165, 1.54) is 12.1 Å². The van der Waals surface area contributed by atoms with E-state index in [4.69, 9.17) is 23.2 Å². The van der Waals surface area contributed by atoms with Crippen LogP contribution >= 0.6 is 23.2 Å². The zero-order chi connectivity index (χ0) is 19.8. The molecule has 0 radical (unpaired) electrons. The molecule has 1 aliphatic carbocycles. The topological polar surface area (TPSA) is 54.4 Å². The number of rotatable bonds is 5. The van der Waals surface area contributed by atoms with Crippen LogP contribution in [0.2, 0.25) is 10.0 Å². The number of hydrogen-bond acceptors (Lipinski definition) is 2. The third kappa shape index (κ3) is 4.09. The molecule has 27 heavy (non-hydrogen) atoms. The van der Waals surface area contributed by atoms with Crippen molar-refractivity contribution in [2.24, 2.45) is 5.41 Å². The molecule has 2 unspecified atom stereocenters. The summed E-state index contributed by atoms with van der Waals surface area (Å²) in [6, 6.07) is 14.3. The van der Waals surface area contributed by atoms with Crippen molar-refractivity contribution in [1.29, 1.82) is 0 Å². The Morgan fingerprint density at radius 3 is 2.41 bits per heavy atom. The lowest BCUT2D eigenvalue weighted by Crippen LogP contribution is -2.19. The fraction of sp³-hybridized carbons (Fsp3) is 0.190. The SMILES string of the molecule is CC1(C)C=C(C(=O)C(c2cc(Cl)ccc2Cl)S(=O)O)C=C1c1ccccc1. The molecular formula is C21H18Cl2O3S. The fourth-order valence-electron chi connectivity index (χ4n) is 3.27. The summed E-state index contributed by atoms with van der Waals surface area (Å²) in [7, 11) is 0. The van der Waals surface area contributed by atoms with Crippen LogP contribution in [0.25, 0.3) is 5.57 Å². The second-order valence-corrected chi connectivity index (χ2v) is 8.80. The van der Waals surface area contributed by atoms with E-state index < -0.39 is 22.1 Å². The van der Waals surface area contributed by atoms with Crippen LogP contribution in [0.15, 0.2) is 66.3 Å². The van der Waals surface area contributed by atoms with Gasteiger partial charge in [0.25, 0.3) is 0 Å². The number of halogens is 2. The number of allylic oxidation sites excluding steroid dienone is 4. The van der Waals surface area contributed by atoms with Gasteiger partial charge >= 0.3 is 0 Å². The molecule has 0 aromatic heterocycles. The van der Waals surface area contributed by atoms with E-state index in [0.29, 0.717) is 10.6 Å². The summed E-state index contributed by atoms with van der Waals surface area (Å²) in [4.78, 5) is 13.1. The van der Waals surface area contributed by atoms with E-state index in [9.17, 15) is 13.6 Å². The minimum absolute atomic E-state index is 0.227. The van der Waals surface area contributed by atoms with Gasteiger partial charge in [0.2, 0.25) is 0 Å². The molecule has 0 saturated heterocycles. The number of carbonyl (C=O) groups excluding carboxylic acids is 1. The van der Waals surface area contributed by atoms with E-state index in [1.807, 2.05) is 50.3 Å². The molecule has 3 rings (SSSR count). The number of hydrogen-bond donors (Lipinski definition) is 1. The van der Waals surface area contributed by atoms with Crippen LogP contribution in [0.4, 0.5) is 0 Å². The first-order valence-electron chi connectivity index (χ1n) is 8.30. The normalized spacial score (nSPS) is 17.8. The largest absolute Gasteiger partial charge is 0.305 e. The highest BCUT2D eigenvalue weighted by Crippen LogP contribution is 2.44. The quantitative estimate of drug-likeness (QED) is 0.614. The van der Waals surface area contributed by atoms with Crippen molar-refractivity contribution in [3.05, 3.63) is 87.4 Å². The zero-order valence-corrected chi connectivity index (χ0v) is 17.1. The second-order valence-electron chi connectivity index (χ2n) is 6.93. The number of Topliss-reactive ketones (excluding diaryl/α,β-unsaturated/α-hetero) is 1. The van der Waals surface area contributed by atoms with Crippen LogP contribution in [0.5, 0.6) is 0 Å². The van der Waals surface area contributed by atoms with Gasteiger partial charge in [0.1, 0.15) is 5.25 Å². The third-order valence-corrected chi connectivity index (χ3v) is 6.01. The van der Waals surface area contributed by atoms with Crippen LogP contribution in [-0.2, 0) is 15.9 Å². The van der Waals surface area contributed by atoms with Crippen molar-refractivity contribution in [2.75, 3.05) is 0 Å². The number of ketones is 1. The maximum Gasteiger partial charge on any atom is 0.185 e. The third-order valence-electron chi connectivity index (χ3n) is 4.56. The fourth-order valence-corrected chi connectivity index (χ4v) is 4.48. The Balaban J connectivity index is 2.04. The first-order valence-corrected chi connectivity index (χ1v) is 10.2. The van der Waals surface area contributed by atoms with Gasteiger partial charge in [-0.1, -0.05) is 73.5 Å². The summed E-state index contributed by atoms with van der Waals surface area (Å²) >= 11 is 9.73. The monoisotopic (exact) mass is 420 g/mol.